The summed E-state index contributed by atoms with van der Waals surface area (Å²) < 4.78 is 26.0. The topological polar surface area (TPSA) is 66.5 Å². The van der Waals surface area contributed by atoms with Gasteiger partial charge in [-0.2, -0.15) is 0 Å². The second-order valence-electron chi connectivity index (χ2n) is 8.10. The van der Waals surface area contributed by atoms with Crippen LogP contribution in [0.2, 0.25) is 0 Å². The van der Waals surface area contributed by atoms with Crippen LogP contribution in [0.5, 0.6) is 0 Å². The Labute approximate surface area is 181 Å². The van der Waals surface area contributed by atoms with E-state index in [1.54, 1.807) is 0 Å². The quantitative estimate of drug-likeness (QED) is 0.625. The lowest BCUT2D eigenvalue weighted by Crippen LogP contribution is -2.33. The molecule has 0 spiro atoms. The largest absolute Gasteiger partial charge is 0.349 e. The van der Waals surface area contributed by atoms with E-state index in [1.165, 1.54) is 21.7 Å². The van der Waals surface area contributed by atoms with Crippen LogP contribution in [0.3, 0.4) is 0 Å². The van der Waals surface area contributed by atoms with Crippen LogP contribution in [-0.4, -0.2) is 27.1 Å². The number of hydrogen-bond acceptors (Lipinski definition) is 3. The molecule has 164 valence electrons. The van der Waals surface area contributed by atoms with E-state index in [-0.39, 0.29) is 24.9 Å². The fraction of sp³-hybridized carbons (Fsp3) is 0.458. The molecule has 0 heterocycles. The predicted molar refractivity (Wildman–Crippen MR) is 124 cm³/mol. The number of nitrogens with zero attached hydrogens (tertiary/aromatic N) is 1. The molecule has 1 N–H and O–H groups in total. The molecule has 0 aliphatic heterocycles. The van der Waals surface area contributed by atoms with Crippen LogP contribution in [0.1, 0.15) is 60.0 Å². The van der Waals surface area contributed by atoms with E-state index in [0.717, 1.165) is 23.1 Å². The van der Waals surface area contributed by atoms with Gasteiger partial charge in [-0.15, -0.1) is 0 Å². The molecule has 1 unspecified atom stereocenters. The number of nitrogens with one attached hydrogen (secondary N) is 1. The monoisotopic (exact) mass is 430 g/mol. The minimum atomic E-state index is -3.42. The van der Waals surface area contributed by atoms with Gasteiger partial charge in [0.1, 0.15) is 0 Å². The highest BCUT2D eigenvalue weighted by Crippen LogP contribution is 2.23. The summed E-state index contributed by atoms with van der Waals surface area (Å²) in [6.07, 6.45) is 2.73. The van der Waals surface area contributed by atoms with E-state index in [9.17, 15) is 13.2 Å². The van der Waals surface area contributed by atoms with Crippen molar-refractivity contribution in [1.82, 2.24) is 5.32 Å². The first kappa shape index (κ1) is 23.9. The lowest BCUT2D eigenvalue weighted by molar-refractivity contribution is -0.121. The zero-order valence-electron chi connectivity index (χ0n) is 19.0. The van der Waals surface area contributed by atoms with Crippen molar-refractivity contribution < 1.29 is 13.2 Å². The summed E-state index contributed by atoms with van der Waals surface area (Å²) in [6, 6.07) is 11.8. The number of carbonyl (C=O) groups excluding carboxylic acids is 1. The standard InChI is InChI=1S/C24H34N2O3S/c1-7-23(22-13-10-17(2)15-20(22)5)25-24(27)9-8-14-26(30(6,28)29)21-12-11-18(3)19(4)16-21/h10-13,15-16,23H,7-9,14H2,1-6H3,(H,25,27). The molecule has 0 saturated carbocycles. The average Bonchev–Trinajstić information content (AvgIpc) is 2.65. The second-order valence-corrected chi connectivity index (χ2v) is 10.0. The maximum atomic E-state index is 12.6. The molecule has 6 heteroatoms. The van der Waals surface area contributed by atoms with Gasteiger partial charge in [0.15, 0.2) is 0 Å². The number of rotatable bonds is 9. The summed E-state index contributed by atoms with van der Waals surface area (Å²) in [7, 11) is -3.42. The molecule has 0 aromatic heterocycles. The smallest absolute Gasteiger partial charge is 0.232 e. The highest BCUT2D eigenvalue weighted by Gasteiger charge is 2.19. The van der Waals surface area contributed by atoms with Gasteiger partial charge in [-0.3, -0.25) is 9.10 Å². The number of carbonyl (C=O) groups is 1. The molecule has 1 amide bonds. The van der Waals surface area contributed by atoms with Crippen molar-refractivity contribution >= 4 is 21.6 Å². The molecule has 0 aliphatic carbocycles. The second kappa shape index (κ2) is 10.1. The fourth-order valence-corrected chi connectivity index (χ4v) is 4.59. The number of anilines is 1. The first-order valence-electron chi connectivity index (χ1n) is 10.4. The van der Waals surface area contributed by atoms with Crippen LogP contribution in [0.4, 0.5) is 5.69 Å². The Hall–Kier alpha value is -2.34. The molecule has 0 aliphatic rings. The van der Waals surface area contributed by atoms with Gasteiger partial charge in [0.25, 0.3) is 0 Å². The van der Waals surface area contributed by atoms with E-state index in [1.807, 2.05) is 32.0 Å². The van der Waals surface area contributed by atoms with E-state index in [2.05, 4.69) is 44.3 Å². The van der Waals surface area contributed by atoms with Crippen molar-refractivity contribution in [3.05, 3.63) is 64.2 Å². The van der Waals surface area contributed by atoms with Crippen LogP contribution in [0.25, 0.3) is 0 Å². The lowest BCUT2D eigenvalue weighted by Gasteiger charge is -2.24. The van der Waals surface area contributed by atoms with E-state index < -0.39 is 10.0 Å². The Morgan fingerprint density at radius 3 is 2.27 bits per heavy atom. The molecule has 2 rings (SSSR count). The zero-order chi connectivity index (χ0) is 22.5. The van der Waals surface area contributed by atoms with Crippen molar-refractivity contribution in [2.75, 3.05) is 17.1 Å². The van der Waals surface area contributed by atoms with Crippen molar-refractivity contribution in [1.29, 1.82) is 0 Å². The van der Waals surface area contributed by atoms with E-state index >= 15 is 0 Å². The summed E-state index contributed by atoms with van der Waals surface area (Å²) in [4.78, 5) is 12.6. The van der Waals surface area contributed by atoms with Gasteiger partial charge >= 0.3 is 0 Å². The molecule has 0 fully saturated rings. The predicted octanol–water partition coefficient (Wildman–Crippen LogP) is 4.73. The van der Waals surface area contributed by atoms with Crippen molar-refractivity contribution in [3.8, 4) is 0 Å². The van der Waals surface area contributed by atoms with Crippen LogP contribution in [0.15, 0.2) is 36.4 Å². The molecule has 0 radical (unpaired) electrons. The Kier molecular flexibility index (Phi) is 8.07. The molecule has 0 saturated heterocycles. The third kappa shape index (κ3) is 6.33. The van der Waals surface area contributed by atoms with Crippen molar-refractivity contribution in [2.24, 2.45) is 0 Å². The number of hydrogen-bond donors (Lipinski definition) is 1. The Bertz CT molecular complexity index is 1000. The van der Waals surface area contributed by atoms with Crippen molar-refractivity contribution in [3.63, 3.8) is 0 Å². The van der Waals surface area contributed by atoms with Crippen LogP contribution < -0.4 is 9.62 Å². The van der Waals surface area contributed by atoms with Gasteiger partial charge in [0.2, 0.25) is 15.9 Å². The van der Waals surface area contributed by atoms with E-state index in [0.29, 0.717) is 12.1 Å². The van der Waals surface area contributed by atoms with Gasteiger partial charge in [-0.25, -0.2) is 8.42 Å². The molecule has 2 aromatic rings. The molecule has 5 nitrogen and oxygen atoms in total. The maximum absolute atomic E-state index is 12.6. The minimum Gasteiger partial charge on any atom is -0.349 e. The number of aryl methyl sites for hydroxylation is 4. The van der Waals surface area contributed by atoms with Gasteiger partial charge < -0.3 is 5.32 Å². The van der Waals surface area contributed by atoms with Crippen LogP contribution >= 0.6 is 0 Å². The maximum Gasteiger partial charge on any atom is 0.232 e. The highest BCUT2D eigenvalue weighted by atomic mass is 32.2. The average molecular weight is 431 g/mol. The van der Waals surface area contributed by atoms with Gasteiger partial charge in [0, 0.05) is 13.0 Å². The number of amides is 1. The first-order chi connectivity index (χ1) is 14.0. The SMILES string of the molecule is CCC(NC(=O)CCCN(c1ccc(C)c(C)c1)S(C)(=O)=O)c1ccc(C)cc1C. The molecule has 0 bridgehead atoms. The minimum absolute atomic E-state index is 0.0381. The summed E-state index contributed by atoms with van der Waals surface area (Å²) in [6.45, 7) is 10.4. The molecular weight excluding hydrogens is 396 g/mol. The van der Waals surface area contributed by atoms with Crippen LogP contribution in [0, 0.1) is 27.7 Å². The van der Waals surface area contributed by atoms with Gasteiger partial charge in [0.05, 0.1) is 18.0 Å². The highest BCUT2D eigenvalue weighted by molar-refractivity contribution is 7.92. The molecule has 1 atom stereocenters. The Morgan fingerprint density at radius 2 is 1.70 bits per heavy atom. The molecular formula is C24H34N2O3S. The Balaban J connectivity index is 2.02. The summed E-state index contributed by atoms with van der Waals surface area (Å²) in [5, 5.41) is 3.11. The van der Waals surface area contributed by atoms with Gasteiger partial charge in [-0.05, 0) is 74.9 Å². The van der Waals surface area contributed by atoms with Crippen molar-refractivity contribution in [2.45, 2.75) is 59.9 Å². The third-order valence-corrected chi connectivity index (χ3v) is 6.68. The number of benzene rings is 2. The summed E-state index contributed by atoms with van der Waals surface area (Å²) in [5.41, 5.74) is 6.29. The zero-order valence-corrected chi connectivity index (χ0v) is 19.8. The summed E-state index contributed by atoms with van der Waals surface area (Å²) >= 11 is 0. The number of sulfonamides is 1. The van der Waals surface area contributed by atoms with Crippen LogP contribution in [-0.2, 0) is 14.8 Å². The third-order valence-electron chi connectivity index (χ3n) is 5.49. The Morgan fingerprint density at radius 1 is 1.00 bits per heavy atom. The summed E-state index contributed by atoms with van der Waals surface area (Å²) in [5.74, 6) is -0.0598. The lowest BCUT2D eigenvalue weighted by atomic mass is 9.97. The first-order valence-corrected chi connectivity index (χ1v) is 12.3. The fourth-order valence-electron chi connectivity index (χ4n) is 3.63. The van der Waals surface area contributed by atoms with E-state index in [4.69, 9.17) is 0 Å². The normalized spacial score (nSPS) is 12.5. The molecule has 30 heavy (non-hydrogen) atoms. The molecule has 2 aromatic carbocycles. The van der Waals surface area contributed by atoms with Gasteiger partial charge in [-0.1, -0.05) is 36.8 Å².